The van der Waals surface area contributed by atoms with Gasteiger partial charge in [-0.1, -0.05) is 13.0 Å². The van der Waals surface area contributed by atoms with Crippen LogP contribution in [-0.2, 0) is 6.54 Å². The third-order valence-corrected chi connectivity index (χ3v) is 2.11. The lowest BCUT2D eigenvalue weighted by Gasteiger charge is -2.11. The van der Waals surface area contributed by atoms with Crippen molar-refractivity contribution >= 4 is 0 Å². The Hall–Kier alpha value is -1.23. The lowest BCUT2D eigenvalue weighted by Crippen LogP contribution is -2.17. The van der Waals surface area contributed by atoms with Crippen LogP contribution in [-0.4, -0.2) is 12.9 Å². The summed E-state index contributed by atoms with van der Waals surface area (Å²) >= 11 is 0. The van der Waals surface area contributed by atoms with Crippen LogP contribution in [0.1, 0.15) is 18.1 Å². The molecular weight excluding hydrogens is 219 g/mol. The number of hydrogen-bond acceptors (Lipinski definition) is 2. The molecule has 0 aromatic heterocycles. The fourth-order valence-corrected chi connectivity index (χ4v) is 1.32. The van der Waals surface area contributed by atoms with Crippen molar-refractivity contribution in [1.29, 1.82) is 0 Å². The van der Waals surface area contributed by atoms with Gasteiger partial charge in [-0.3, -0.25) is 0 Å². The minimum absolute atomic E-state index is 0.176. The normalized spacial score (nSPS) is 11.6. The largest absolute Gasteiger partial charge is 0.573 e. The summed E-state index contributed by atoms with van der Waals surface area (Å²) in [5.74, 6) is -0.176. The van der Waals surface area contributed by atoms with Gasteiger partial charge in [0.15, 0.2) is 0 Å². The predicted molar refractivity (Wildman–Crippen MR) is 55.2 cm³/mol. The Kier molecular flexibility index (Phi) is 4.18. The van der Waals surface area contributed by atoms with Crippen molar-refractivity contribution in [2.45, 2.75) is 26.8 Å². The van der Waals surface area contributed by atoms with Crippen LogP contribution in [0.25, 0.3) is 0 Å². The van der Waals surface area contributed by atoms with Gasteiger partial charge in [0.05, 0.1) is 0 Å². The number of aryl methyl sites for hydroxylation is 1. The van der Waals surface area contributed by atoms with E-state index >= 15 is 0 Å². The fourth-order valence-electron chi connectivity index (χ4n) is 1.32. The van der Waals surface area contributed by atoms with Crippen LogP contribution in [0.15, 0.2) is 18.2 Å². The van der Waals surface area contributed by atoms with Crippen molar-refractivity contribution in [2.24, 2.45) is 0 Å². The lowest BCUT2D eigenvalue weighted by atomic mass is 10.1. The predicted octanol–water partition coefficient (Wildman–Crippen LogP) is 3.00. The molecule has 2 nitrogen and oxygen atoms in total. The molecule has 0 saturated heterocycles. The van der Waals surface area contributed by atoms with Crippen molar-refractivity contribution in [3.8, 4) is 5.75 Å². The van der Waals surface area contributed by atoms with Crippen LogP contribution < -0.4 is 10.1 Å². The highest BCUT2D eigenvalue weighted by molar-refractivity contribution is 5.34. The second-order valence-corrected chi connectivity index (χ2v) is 3.42. The average Bonchev–Trinajstić information content (AvgIpc) is 2.14. The van der Waals surface area contributed by atoms with E-state index < -0.39 is 6.36 Å². The highest BCUT2D eigenvalue weighted by Crippen LogP contribution is 2.24. The first-order valence-electron chi connectivity index (χ1n) is 4.98. The van der Waals surface area contributed by atoms with Gasteiger partial charge in [0.1, 0.15) is 5.75 Å². The minimum atomic E-state index is -4.63. The van der Waals surface area contributed by atoms with E-state index in [1.54, 1.807) is 13.0 Å². The second-order valence-electron chi connectivity index (χ2n) is 3.42. The van der Waals surface area contributed by atoms with Crippen LogP contribution >= 0.6 is 0 Å². The first-order valence-corrected chi connectivity index (χ1v) is 4.98. The summed E-state index contributed by atoms with van der Waals surface area (Å²) in [5, 5.41) is 3.11. The molecule has 0 heterocycles. The molecule has 0 fully saturated rings. The third kappa shape index (κ3) is 4.10. The number of benzene rings is 1. The van der Waals surface area contributed by atoms with E-state index in [4.69, 9.17) is 0 Å². The summed E-state index contributed by atoms with van der Waals surface area (Å²) in [6, 6.07) is 4.35. The van der Waals surface area contributed by atoms with E-state index in [-0.39, 0.29) is 5.75 Å². The molecular formula is C11H14F3NO. The number of ether oxygens (including phenoxy) is 1. The molecule has 1 aromatic rings. The smallest absolute Gasteiger partial charge is 0.406 e. The molecule has 0 atom stereocenters. The highest BCUT2D eigenvalue weighted by atomic mass is 19.4. The molecule has 90 valence electrons. The number of rotatable bonds is 4. The lowest BCUT2D eigenvalue weighted by molar-refractivity contribution is -0.274. The van der Waals surface area contributed by atoms with Crippen molar-refractivity contribution in [2.75, 3.05) is 6.54 Å². The molecule has 0 aliphatic heterocycles. The molecule has 0 spiro atoms. The Morgan fingerprint density at radius 1 is 1.31 bits per heavy atom. The Bertz CT molecular complexity index is 350. The third-order valence-electron chi connectivity index (χ3n) is 2.11. The van der Waals surface area contributed by atoms with Crippen LogP contribution in [0.2, 0.25) is 0 Å². The van der Waals surface area contributed by atoms with E-state index in [2.05, 4.69) is 10.1 Å². The molecule has 1 rings (SSSR count). The molecule has 0 bridgehead atoms. The van der Waals surface area contributed by atoms with Gasteiger partial charge in [0.25, 0.3) is 0 Å². The minimum Gasteiger partial charge on any atom is -0.406 e. The SMILES string of the molecule is CCNCc1ccc(OC(F)(F)F)cc1C. The van der Waals surface area contributed by atoms with Gasteiger partial charge >= 0.3 is 6.36 Å². The first kappa shape index (κ1) is 12.8. The van der Waals surface area contributed by atoms with Crippen molar-refractivity contribution in [1.82, 2.24) is 5.32 Å². The van der Waals surface area contributed by atoms with Crippen LogP contribution in [0, 0.1) is 6.92 Å². The van der Waals surface area contributed by atoms with Gasteiger partial charge in [0, 0.05) is 6.54 Å². The Morgan fingerprint density at radius 3 is 2.50 bits per heavy atom. The summed E-state index contributed by atoms with van der Waals surface area (Å²) in [5.41, 5.74) is 1.75. The van der Waals surface area contributed by atoms with Crippen LogP contribution in [0.4, 0.5) is 13.2 Å². The zero-order valence-corrected chi connectivity index (χ0v) is 9.19. The molecule has 5 heteroatoms. The number of nitrogens with one attached hydrogen (secondary N) is 1. The molecule has 0 amide bonds. The maximum Gasteiger partial charge on any atom is 0.573 e. The van der Waals surface area contributed by atoms with E-state index in [0.29, 0.717) is 6.54 Å². The second kappa shape index (κ2) is 5.21. The monoisotopic (exact) mass is 233 g/mol. The summed E-state index contributed by atoms with van der Waals surface area (Å²) in [4.78, 5) is 0. The van der Waals surface area contributed by atoms with E-state index in [1.807, 2.05) is 6.92 Å². The molecule has 1 aromatic carbocycles. The Labute approximate surface area is 92.4 Å². The standard InChI is InChI=1S/C11H14F3NO/c1-3-15-7-9-4-5-10(6-8(9)2)16-11(12,13)14/h4-6,15H,3,7H2,1-2H3. The van der Waals surface area contributed by atoms with Gasteiger partial charge in [-0.25, -0.2) is 0 Å². The number of alkyl halides is 3. The molecule has 16 heavy (non-hydrogen) atoms. The maximum atomic E-state index is 11.9. The Balaban J connectivity index is 2.74. The van der Waals surface area contributed by atoms with Crippen molar-refractivity contribution in [3.63, 3.8) is 0 Å². The van der Waals surface area contributed by atoms with E-state index in [1.165, 1.54) is 12.1 Å². The summed E-state index contributed by atoms with van der Waals surface area (Å²) < 4.78 is 39.6. The zero-order valence-electron chi connectivity index (χ0n) is 9.19. The van der Waals surface area contributed by atoms with E-state index in [0.717, 1.165) is 17.7 Å². The highest BCUT2D eigenvalue weighted by Gasteiger charge is 2.31. The molecule has 0 aliphatic carbocycles. The van der Waals surface area contributed by atoms with Gasteiger partial charge in [-0.2, -0.15) is 0 Å². The van der Waals surface area contributed by atoms with Gasteiger partial charge < -0.3 is 10.1 Å². The van der Waals surface area contributed by atoms with Gasteiger partial charge in [0.2, 0.25) is 0 Å². The Morgan fingerprint density at radius 2 is 2.00 bits per heavy atom. The quantitative estimate of drug-likeness (QED) is 0.863. The summed E-state index contributed by atoms with van der Waals surface area (Å²) in [6.07, 6.45) is -4.63. The maximum absolute atomic E-state index is 11.9. The van der Waals surface area contributed by atoms with Crippen LogP contribution in [0.3, 0.4) is 0 Å². The average molecular weight is 233 g/mol. The van der Waals surface area contributed by atoms with Crippen molar-refractivity contribution < 1.29 is 17.9 Å². The molecule has 1 N–H and O–H groups in total. The van der Waals surface area contributed by atoms with Crippen LogP contribution in [0.5, 0.6) is 5.75 Å². The van der Waals surface area contributed by atoms with Gasteiger partial charge in [-0.15, -0.1) is 13.2 Å². The fraction of sp³-hybridized carbons (Fsp3) is 0.455. The van der Waals surface area contributed by atoms with Crippen molar-refractivity contribution in [3.05, 3.63) is 29.3 Å². The topological polar surface area (TPSA) is 21.3 Å². The zero-order chi connectivity index (χ0) is 12.2. The number of halogens is 3. The number of hydrogen-bond donors (Lipinski definition) is 1. The van der Waals surface area contributed by atoms with E-state index in [9.17, 15) is 13.2 Å². The molecule has 0 aliphatic rings. The first-order chi connectivity index (χ1) is 7.42. The molecule has 0 unspecified atom stereocenters. The summed E-state index contributed by atoms with van der Waals surface area (Å²) in [6.45, 7) is 5.20. The van der Waals surface area contributed by atoms with Gasteiger partial charge in [-0.05, 0) is 36.7 Å². The molecule has 0 radical (unpaired) electrons. The summed E-state index contributed by atoms with van der Waals surface area (Å²) in [7, 11) is 0. The molecule has 0 saturated carbocycles.